The predicted molar refractivity (Wildman–Crippen MR) is 83.9 cm³/mol. The Balaban J connectivity index is 2.43. The predicted octanol–water partition coefficient (Wildman–Crippen LogP) is 2.71. The standard InChI is InChI=1S/C15H21N5O/c1-5-20(12-9-7-6-8-11(12)4)14-17-13(16)18-15(19-14)21-10(2)3/h6-10H,5H2,1-4H3,(H2,16,17,18,19). The molecule has 0 radical (unpaired) electrons. The van der Waals surface area contributed by atoms with E-state index in [0.29, 0.717) is 5.95 Å². The van der Waals surface area contributed by atoms with Gasteiger partial charge in [-0.2, -0.15) is 15.0 Å². The van der Waals surface area contributed by atoms with Crippen molar-refractivity contribution in [1.29, 1.82) is 0 Å². The van der Waals surface area contributed by atoms with Gasteiger partial charge in [0, 0.05) is 12.2 Å². The third-order valence-electron chi connectivity index (χ3n) is 2.93. The molecule has 2 rings (SSSR count). The molecule has 0 spiro atoms. The van der Waals surface area contributed by atoms with Gasteiger partial charge in [0.25, 0.3) is 0 Å². The van der Waals surface area contributed by atoms with Crippen LogP contribution in [-0.2, 0) is 0 Å². The average Bonchev–Trinajstić information content (AvgIpc) is 2.40. The topological polar surface area (TPSA) is 77.2 Å². The molecule has 0 amide bonds. The van der Waals surface area contributed by atoms with E-state index in [1.165, 1.54) is 0 Å². The van der Waals surface area contributed by atoms with Gasteiger partial charge in [-0.3, -0.25) is 0 Å². The SMILES string of the molecule is CCN(c1nc(N)nc(OC(C)C)n1)c1ccccc1C. The number of aromatic nitrogens is 3. The second-order valence-electron chi connectivity index (χ2n) is 4.97. The number of rotatable bonds is 5. The molecule has 0 aliphatic carbocycles. The third-order valence-corrected chi connectivity index (χ3v) is 2.93. The fourth-order valence-corrected chi connectivity index (χ4v) is 2.03. The number of nitrogen functional groups attached to an aromatic ring is 1. The van der Waals surface area contributed by atoms with E-state index in [-0.39, 0.29) is 18.1 Å². The van der Waals surface area contributed by atoms with Gasteiger partial charge in [0.15, 0.2) is 0 Å². The van der Waals surface area contributed by atoms with Crippen molar-refractivity contribution in [3.63, 3.8) is 0 Å². The number of para-hydroxylation sites is 1. The van der Waals surface area contributed by atoms with Crippen molar-refractivity contribution in [2.45, 2.75) is 33.8 Å². The number of aryl methyl sites for hydroxylation is 1. The molecule has 0 fully saturated rings. The Morgan fingerprint density at radius 3 is 2.52 bits per heavy atom. The lowest BCUT2D eigenvalue weighted by Crippen LogP contribution is -2.21. The third kappa shape index (κ3) is 3.59. The molecular weight excluding hydrogens is 266 g/mol. The molecule has 1 aromatic carbocycles. The number of nitrogens with two attached hydrogens (primary N) is 1. The van der Waals surface area contributed by atoms with Crippen LogP contribution < -0.4 is 15.4 Å². The number of anilines is 3. The molecule has 6 heteroatoms. The Morgan fingerprint density at radius 1 is 1.19 bits per heavy atom. The fourth-order valence-electron chi connectivity index (χ4n) is 2.03. The van der Waals surface area contributed by atoms with E-state index in [0.717, 1.165) is 17.8 Å². The Kier molecular flexibility index (Phi) is 4.57. The van der Waals surface area contributed by atoms with Crippen LogP contribution in [0.1, 0.15) is 26.3 Å². The Bertz CT molecular complexity index is 615. The molecule has 0 atom stereocenters. The minimum atomic E-state index is -0.0202. The van der Waals surface area contributed by atoms with Crippen LogP contribution in [0.15, 0.2) is 24.3 Å². The van der Waals surface area contributed by atoms with Gasteiger partial charge in [-0.25, -0.2) is 0 Å². The lowest BCUT2D eigenvalue weighted by atomic mass is 10.2. The van der Waals surface area contributed by atoms with Crippen molar-refractivity contribution < 1.29 is 4.74 Å². The molecular formula is C15H21N5O. The molecule has 1 aromatic heterocycles. The molecule has 0 bridgehead atoms. The summed E-state index contributed by atoms with van der Waals surface area (Å²) in [6.07, 6.45) is -0.0202. The number of hydrogen-bond acceptors (Lipinski definition) is 6. The zero-order valence-corrected chi connectivity index (χ0v) is 12.9. The van der Waals surface area contributed by atoms with Crippen molar-refractivity contribution >= 4 is 17.6 Å². The maximum atomic E-state index is 5.77. The maximum Gasteiger partial charge on any atom is 0.323 e. The largest absolute Gasteiger partial charge is 0.461 e. The Labute approximate surface area is 125 Å². The van der Waals surface area contributed by atoms with E-state index in [9.17, 15) is 0 Å². The molecule has 0 aliphatic heterocycles. The minimum absolute atomic E-state index is 0.0202. The molecule has 2 aromatic rings. The molecule has 0 saturated carbocycles. The highest BCUT2D eigenvalue weighted by molar-refractivity contribution is 5.61. The highest BCUT2D eigenvalue weighted by Gasteiger charge is 2.15. The highest BCUT2D eigenvalue weighted by atomic mass is 16.5. The molecule has 21 heavy (non-hydrogen) atoms. The normalized spacial score (nSPS) is 10.7. The van der Waals surface area contributed by atoms with Crippen LogP contribution in [0.3, 0.4) is 0 Å². The fraction of sp³-hybridized carbons (Fsp3) is 0.400. The van der Waals surface area contributed by atoms with Crippen LogP contribution in [0.5, 0.6) is 6.01 Å². The quantitative estimate of drug-likeness (QED) is 0.911. The van der Waals surface area contributed by atoms with Crippen LogP contribution in [0.25, 0.3) is 0 Å². The van der Waals surface area contributed by atoms with Gasteiger partial charge in [0.2, 0.25) is 11.9 Å². The summed E-state index contributed by atoms with van der Waals surface area (Å²) in [5, 5.41) is 0. The second kappa shape index (κ2) is 6.39. The lowest BCUT2D eigenvalue weighted by Gasteiger charge is -2.23. The Morgan fingerprint density at radius 2 is 1.90 bits per heavy atom. The molecule has 2 N–H and O–H groups in total. The van der Waals surface area contributed by atoms with E-state index >= 15 is 0 Å². The Hall–Kier alpha value is -2.37. The first-order valence-corrected chi connectivity index (χ1v) is 7.02. The average molecular weight is 287 g/mol. The second-order valence-corrected chi connectivity index (χ2v) is 4.97. The molecule has 0 unspecified atom stereocenters. The summed E-state index contributed by atoms with van der Waals surface area (Å²) in [5.74, 6) is 0.651. The number of ether oxygens (including phenoxy) is 1. The summed E-state index contributed by atoms with van der Waals surface area (Å²) in [6, 6.07) is 8.32. The molecule has 112 valence electrons. The van der Waals surface area contributed by atoms with Gasteiger partial charge < -0.3 is 15.4 Å². The molecule has 0 saturated heterocycles. The number of benzene rings is 1. The first-order chi connectivity index (χ1) is 10.0. The molecule has 6 nitrogen and oxygen atoms in total. The number of nitrogens with zero attached hydrogens (tertiary/aromatic N) is 4. The smallest absolute Gasteiger partial charge is 0.323 e. The lowest BCUT2D eigenvalue weighted by molar-refractivity contribution is 0.222. The monoisotopic (exact) mass is 287 g/mol. The zero-order chi connectivity index (χ0) is 15.4. The van der Waals surface area contributed by atoms with Gasteiger partial charge in [-0.15, -0.1) is 0 Å². The van der Waals surface area contributed by atoms with Crippen molar-refractivity contribution in [3.8, 4) is 6.01 Å². The van der Waals surface area contributed by atoms with E-state index in [1.54, 1.807) is 0 Å². The summed E-state index contributed by atoms with van der Waals surface area (Å²) in [6.45, 7) is 8.63. The van der Waals surface area contributed by atoms with Crippen molar-refractivity contribution in [2.24, 2.45) is 0 Å². The van der Waals surface area contributed by atoms with Crippen molar-refractivity contribution in [2.75, 3.05) is 17.2 Å². The maximum absolute atomic E-state index is 5.77. The van der Waals surface area contributed by atoms with Gasteiger partial charge >= 0.3 is 6.01 Å². The highest BCUT2D eigenvalue weighted by Crippen LogP contribution is 2.26. The summed E-state index contributed by atoms with van der Waals surface area (Å²) in [5.41, 5.74) is 7.96. The van der Waals surface area contributed by atoms with Gasteiger partial charge in [0.1, 0.15) is 0 Å². The van der Waals surface area contributed by atoms with Gasteiger partial charge in [-0.1, -0.05) is 18.2 Å². The first-order valence-electron chi connectivity index (χ1n) is 7.02. The first kappa shape index (κ1) is 15.0. The van der Waals surface area contributed by atoms with Gasteiger partial charge in [-0.05, 0) is 39.3 Å². The summed E-state index contributed by atoms with van der Waals surface area (Å²) in [4.78, 5) is 14.6. The van der Waals surface area contributed by atoms with E-state index in [2.05, 4.69) is 15.0 Å². The van der Waals surface area contributed by atoms with Crippen LogP contribution >= 0.6 is 0 Å². The van der Waals surface area contributed by atoms with Crippen molar-refractivity contribution in [3.05, 3.63) is 29.8 Å². The van der Waals surface area contributed by atoms with Gasteiger partial charge in [0.05, 0.1) is 6.10 Å². The van der Waals surface area contributed by atoms with Crippen molar-refractivity contribution in [1.82, 2.24) is 15.0 Å². The number of hydrogen-bond donors (Lipinski definition) is 1. The zero-order valence-electron chi connectivity index (χ0n) is 12.9. The molecule has 0 aliphatic rings. The van der Waals surface area contributed by atoms with Crippen LogP contribution in [0.2, 0.25) is 0 Å². The summed E-state index contributed by atoms with van der Waals surface area (Å²) < 4.78 is 5.53. The minimum Gasteiger partial charge on any atom is -0.461 e. The van der Waals surface area contributed by atoms with Crippen LogP contribution in [0, 0.1) is 6.92 Å². The summed E-state index contributed by atoms with van der Waals surface area (Å²) in [7, 11) is 0. The van der Waals surface area contributed by atoms with E-state index < -0.39 is 0 Å². The van der Waals surface area contributed by atoms with Crippen LogP contribution in [0.4, 0.5) is 17.6 Å². The van der Waals surface area contributed by atoms with E-state index in [4.69, 9.17) is 10.5 Å². The molecule has 1 heterocycles. The van der Waals surface area contributed by atoms with Crippen LogP contribution in [-0.4, -0.2) is 27.6 Å². The summed E-state index contributed by atoms with van der Waals surface area (Å²) >= 11 is 0. The van der Waals surface area contributed by atoms with E-state index in [1.807, 2.05) is 56.9 Å².